The van der Waals surface area contributed by atoms with E-state index in [-0.39, 0.29) is 0 Å². The highest BCUT2D eigenvalue weighted by molar-refractivity contribution is 5.83. The highest BCUT2D eigenvalue weighted by atomic mass is 15.1. The summed E-state index contributed by atoms with van der Waals surface area (Å²) in [6.45, 7) is 0. The molecule has 0 aromatic heterocycles. The van der Waals surface area contributed by atoms with E-state index < -0.39 is 0 Å². The van der Waals surface area contributed by atoms with Gasteiger partial charge in [0, 0.05) is 16.7 Å². The van der Waals surface area contributed by atoms with Crippen LogP contribution in [-0.2, 0) is 0 Å². The number of nitrogens with two attached hydrogens (primary N) is 1. The lowest BCUT2D eigenvalue weighted by Gasteiger charge is -1.96. The number of hydrazone groups is 1. The van der Waals surface area contributed by atoms with Crippen LogP contribution in [0.4, 0.5) is 0 Å². The van der Waals surface area contributed by atoms with Crippen molar-refractivity contribution in [1.82, 2.24) is 0 Å². The molecule has 0 fully saturated rings. The van der Waals surface area contributed by atoms with E-state index in [4.69, 9.17) is 5.84 Å². The summed E-state index contributed by atoms with van der Waals surface area (Å²) in [5, 5.41) is 3.53. The van der Waals surface area contributed by atoms with Crippen molar-refractivity contribution in [3.63, 3.8) is 0 Å². The number of hydrogen-bond donors (Lipinski definition) is 1. The van der Waals surface area contributed by atoms with Gasteiger partial charge in [0.05, 0.1) is 6.21 Å². The number of benzene rings is 2. The molecule has 2 rings (SSSR count). The van der Waals surface area contributed by atoms with Gasteiger partial charge in [-0.15, -0.1) is 0 Å². The third-order valence-corrected chi connectivity index (χ3v) is 2.29. The van der Waals surface area contributed by atoms with Crippen molar-refractivity contribution in [3.8, 4) is 11.8 Å². The van der Waals surface area contributed by atoms with Crippen molar-refractivity contribution in [3.05, 3.63) is 71.3 Å². The molecule has 2 nitrogen and oxygen atoms in total. The van der Waals surface area contributed by atoms with Crippen LogP contribution in [0.1, 0.15) is 16.7 Å². The number of hydrogen-bond acceptors (Lipinski definition) is 2. The maximum atomic E-state index is 5.16. The van der Waals surface area contributed by atoms with Crippen molar-refractivity contribution in [2.45, 2.75) is 0 Å². The summed E-state index contributed by atoms with van der Waals surface area (Å²) in [4.78, 5) is 0. The summed E-state index contributed by atoms with van der Waals surface area (Å²) >= 11 is 0. The molecule has 0 aliphatic rings. The second kappa shape index (κ2) is 5.53. The molecular weight excluding hydrogens is 208 g/mol. The first-order chi connectivity index (χ1) is 8.40. The Labute approximate surface area is 101 Å². The van der Waals surface area contributed by atoms with Gasteiger partial charge in [-0.25, -0.2) is 0 Å². The van der Waals surface area contributed by atoms with E-state index in [9.17, 15) is 0 Å². The molecular formula is C15H12N2. The molecule has 0 heterocycles. The minimum atomic E-state index is 0.922. The summed E-state index contributed by atoms with van der Waals surface area (Å²) in [5.74, 6) is 11.4. The molecule has 2 aromatic carbocycles. The van der Waals surface area contributed by atoms with Gasteiger partial charge in [-0.1, -0.05) is 48.2 Å². The monoisotopic (exact) mass is 220 g/mol. The molecule has 0 aliphatic carbocycles. The van der Waals surface area contributed by atoms with Gasteiger partial charge < -0.3 is 5.84 Å². The zero-order chi connectivity index (χ0) is 11.9. The zero-order valence-electron chi connectivity index (χ0n) is 9.30. The molecule has 0 bridgehead atoms. The van der Waals surface area contributed by atoms with Crippen LogP contribution >= 0.6 is 0 Å². The fraction of sp³-hybridized carbons (Fsp3) is 0. The molecule has 17 heavy (non-hydrogen) atoms. The predicted octanol–water partition coefficient (Wildman–Crippen LogP) is 2.38. The fourth-order valence-electron chi connectivity index (χ4n) is 1.46. The van der Waals surface area contributed by atoms with Crippen LogP contribution < -0.4 is 5.84 Å². The van der Waals surface area contributed by atoms with Gasteiger partial charge >= 0.3 is 0 Å². The van der Waals surface area contributed by atoms with Crippen LogP contribution in [0.2, 0.25) is 0 Å². The van der Waals surface area contributed by atoms with Gasteiger partial charge in [-0.3, -0.25) is 0 Å². The Morgan fingerprint density at radius 1 is 0.882 bits per heavy atom. The Morgan fingerprint density at radius 2 is 1.59 bits per heavy atom. The SMILES string of the molecule is NN=Cc1ccccc1C#Cc1ccccc1. The highest BCUT2D eigenvalue weighted by Crippen LogP contribution is 2.05. The molecule has 0 amide bonds. The summed E-state index contributed by atoms with van der Waals surface area (Å²) in [6, 6.07) is 17.6. The van der Waals surface area contributed by atoms with Crippen molar-refractivity contribution in [1.29, 1.82) is 0 Å². The molecule has 0 radical (unpaired) electrons. The van der Waals surface area contributed by atoms with E-state index in [1.54, 1.807) is 6.21 Å². The average Bonchev–Trinajstić information content (AvgIpc) is 2.39. The van der Waals surface area contributed by atoms with Crippen LogP contribution in [0.5, 0.6) is 0 Å². The summed E-state index contributed by atoms with van der Waals surface area (Å²) < 4.78 is 0. The lowest BCUT2D eigenvalue weighted by Crippen LogP contribution is -1.90. The quantitative estimate of drug-likeness (QED) is 0.341. The molecule has 0 saturated heterocycles. The van der Waals surface area contributed by atoms with Gasteiger partial charge in [0.25, 0.3) is 0 Å². The molecule has 2 N–H and O–H groups in total. The largest absolute Gasteiger partial charge is 0.323 e. The van der Waals surface area contributed by atoms with E-state index in [2.05, 4.69) is 16.9 Å². The second-order valence-corrected chi connectivity index (χ2v) is 3.48. The number of nitrogens with zero attached hydrogens (tertiary/aromatic N) is 1. The Balaban J connectivity index is 2.34. The lowest BCUT2D eigenvalue weighted by molar-refractivity contribution is 1.26. The van der Waals surface area contributed by atoms with Crippen molar-refractivity contribution in [2.75, 3.05) is 0 Å². The zero-order valence-corrected chi connectivity index (χ0v) is 9.30. The molecule has 2 aromatic rings. The fourth-order valence-corrected chi connectivity index (χ4v) is 1.46. The topological polar surface area (TPSA) is 38.4 Å². The normalized spacial score (nSPS) is 9.88. The van der Waals surface area contributed by atoms with Crippen LogP contribution in [0.25, 0.3) is 0 Å². The smallest absolute Gasteiger partial charge is 0.0550 e. The van der Waals surface area contributed by atoms with E-state index >= 15 is 0 Å². The Hall–Kier alpha value is -2.53. The molecule has 82 valence electrons. The highest BCUT2D eigenvalue weighted by Gasteiger charge is 1.94. The maximum absolute atomic E-state index is 5.16. The van der Waals surface area contributed by atoms with Crippen LogP contribution in [0, 0.1) is 11.8 Å². The predicted molar refractivity (Wildman–Crippen MR) is 70.6 cm³/mol. The molecule has 0 unspecified atom stereocenters. The van der Waals surface area contributed by atoms with Crippen molar-refractivity contribution in [2.24, 2.45) is 10.9 Å². The van der Waals surface area contributed by atoms with E-state index in [0.29, 0.717) is 0 Å². The summed E-state index contributed by atoms with van der Waals surface area (Å²) in [6.07, 6.45) is 1.61. The lowest BCUT2D eigenvalue weighted by atomic mass is 10.1. The summed E-state index contributed by atoms with van der Waals surface area (Å²) in [7, 11) is 0. The standard InChI is InChI=1S/C15H12N2/c16-17-12-15-9-5-4-8-14(15)11-10-13-6-2-1-3-7-13/h1-9,12H,16H2. The van der Waals surface area contributed by atoms with E-state index in [0.717, 1.165) is 16.7 Å². The first-order valence-electron chi connectivity index (χ1n) is 5.29. The minimum Gasteiger partial charge on any atom is -0.323 e. The van der Waals surface area contributed by atoms with Gasteiger partial charge in [0.15, 0.2) is 0 Å². The van der Waals surface area contributed by atoms with E-state index in [1.807, 2.05) is 54.6 Å². The van der Waals surface area contributed by atoms with Crippen LogP contribution in [-0.4, -0.2) is 6.21 Å². The minimum absolute atomic E-state index is 0.922. The molecule has 2 heteroatoms. The van der Waals surface area contributed by atoms with Gasteiger partial charge in [0.1, 0.15) is 0 Å². The van der Waals surface area contributed by atoms with Gasteiger partial charge in [-0.2, -0.15) is 5.10 Å². The maximum Gasteiger partial charge on any atom is 0.0550 e. The number of rotatable bonds is 1. The Bertz CT molecular complexity index is 575. The van der Waals surface area contributed by atoms with Gasteiger partial charge in [-0.05, 0) is 18.2 Å². The first kappa shape index (κ1) is 11.0. The molecule has 0 saturated carbocycles. The van der Waals surface area contributed by atoms with Crippen LogP contribution in [0.3, 0.4) is 0 Å². The third-order valence-electron chi connectivity index (χ3n) is 2.29. The Kier molecular flexibility index (Phi) is 3.57. The Morgan fingerprint density at radius 3 is 2.35 bits per heavy atom. The van der Waals surface area contributed by atoms with E-state index in [1.165, 1.54) is 0 Å². The average molecular weight is 220 g/mol. The molecule has 0 atom stereocenters. The van der Waals surface area contributed by atoms with Gasteiger partial charge in [0.2, 0.25) is 0 Å². The third kappa shape index (κ3) is 2.96. The van der Waals surface area contributed by atoms with Crippen molar-refractivity contribution < 1.29 is 0 Å². The second-order valence-electron chi connectivity index (χ2n) is 3.48. The van der Waals surface area contributed by atoms with Crippen LogP contribution in [0.15, 0.2) is 59.7 Å². The molecule has 0 aliphatic heterocycles. The summed E-state index contributed by atoms with van der Waals surface area (Å²) in [5.41, 5.74) is 2.84. The van der Waals surface area contributed by atoms with Crippen molar-refractivity contribution >= 4 is 6.21 Å². The molecule has 0 spiro atoms. The first-order valence-corrected chi connectivity index (χ1v) is 5.29.